The summed E-state index contributed by atoms with van der Waals surface area (Å²) >= 11 is 0. The van der Waals surface area contributed by atoms with Gasteiger partial charge in [-0.2, -0.15) is 0 Å². The van der Waals surface area contributed by atoms with Gasteiger partial charge >= 0.3 is 0 Å². The van der Waals surface area contributed by atoms with Crippen LogP contribution in [0.4, 0.5) is 5.69 Å². The molecule has 3 rings (SSSR count). The largest absolute Gasteiger partial charge is 0.385 e. The molecule has 1 heterocycles. The molecule has 1 aromatic rings. The summed E-state index contributed by atoms with van der Waals surface area (Å²) in [4.78, 5) is 2.49. The molecule has 0 bridgehead atoms. The molecule has 1 saturated heterocycles. The van der Waals surface area contributed by atoms with Crippen LogP contribution in [0.25, 0.3) is 0 Å². The second-order valence-corrected chi connectivity index (χ2v) is 6.08. The molecule has 2 fully saturated rings. The number of rotatable bonds is 6. The van der Waals surface area contributed by atoms with Crippen LogP contribution in [-0.4, -0.2) is 44.3 Å². The molecule has 1 aliphatic carbocycles. The van der Waals surface area contributed by atoms with Crippen molar-refractivity contribution in [3.05, 3.63) is 29.8 Å². The number of nitrogens with one attached hydrogen (secondary N) is 1. The van der Waals surface area contributed by atoms with Crippen molar-refractivity contribution in [2.75, 3.05) is 44.7 Å². The number of anilines is 1. The zero-order valence-corrected chi connectivity index (χ0v) is 12.3. The van der Waals surface area contributed by atoms with Crippen molar-refractivity contribution in [1.29, 1.82) is 0 Å². The topological polar surface area (TPSA) is 24.5 Å². The van der Waals surface area contributed by atoms with Gasteiger partial charge in [0.2, 0.25) is 0 Å². The Hall–Kier alpha value is -1.06. The molecule has 0 aromatic heterocycles. The lowest BCUT2D eigenvalue weighted by Gasteiger charge is -2.26. The maximum atomic E-state index is 5.38. The SMILES string of the molecule is c1cc(NCC2CCC2)ccc1CCN1CCOCC1. The summed E-state index contributed by atoms with van der Waals surface area (Å²) < 4.78 is 5.38. The summed E-state index contributed by atoms with van der Waals surface area (Å²) in [6.07, 6.45) is 5.38. The fraction of sp³-hybridized carbons (Fsp3) is 0.647. The van der Waals surface area contributed by atoms with Gasteiger partial charge in [0.1, 0.15) is 0 Å². The minimum atomic E-state index is 0.893. The maximum absolute atomic E-state index is 5.38. The van der Waals surface area contributed by atoms with E-state index in [0.717, 1.165) is 51.7 Å². The predicted octanol–water partition coefficient (Wildman–Crippen LogP) is 2.77. The fourth-order valence-electron chi connectivity index (χ4n) is 2.86. The third-order valence-electron chi connectivity index (χ3n) is 4.59. The summed E-state index contributed by atoms with van der Waals surface area (Å²) in [5, 5.41) is 3.55. The Morgan fingerprint density at radius 2 is 1.85 bits per heavy atom. The number of morpholine rings is 1. The van der Waals surface area contributed by atoms with Gasteiger partial charge in [-0.1, -0.05) is 18.6 Å². The van der Waals surface area contributed by atoms with Crippen LogP contribution in [0, 0.1) is 5.92 Å². The number of ether oxygens (including phenoxy) is 1. The number of hydrogen-bond donors (Lipinski definition) is 1. The first kappa shape index (κ1) is 13.9. The van der Waals surface area contributed by atoms with Crippen molar-refractivity contribution in [2.45, 2.75) is 25.7 Å². The fourth-order valence-corrected chi connectivity index (χ4v) is 2.86. The molecule has 1 aliphatic heterocycles. The first-order valence-corrected chi connectivity index (χ1v) is 8.03. The Bertz CT molecular complexity index is 394. The highest BCUT2D eigenvalue weighted by Gasteiger charge is 2.16. The van der Waals surface area contributed by atoms with E-state index in [1.807, 2.05) is 0 Å². The Balaban J connectivity index is 1.40. The predicted molar refractivity (Wildman–Crippen MR) is 83.2 cm³/mol. The molecular formula is C17H26N2O. The third-order valence-corrected chi connectivity index (χ3v) is 4.59. The van der Waals surface area contributed by atoms with Crippen LogP contribution in [0.1, 0.15) is 24.8 Å². The van der Waals surface area contributed by atoms with Crippen LogP contribution in [-0.2, 0) is 11.2 Å². The second kappa shape index (κ2) is 7.09. The van der Waals surface area contributed by atoms with Gasteiger partial charge in [0.15, 0.2) is 0 Å². The Morgan fingerprint density at radius 3 is 2.50 bits per heavy atom. The quantitative estimate of drug-likeness (QED) is 0.863. The molecule has 0 unspecified atom stereocenters. The molecule has 0 spiro atoms. The first-order chi connectivity index (χ1) is 9.90. The molecule has 110 valence electrons. The number of hydrogen-bond acceptors (Lipinski definition) is 3. The highest BCUT2D eigenvalue weighted by molar-refractivity contribution is 5.44. The average Bonchev–Trinajstić information content (AvgIpc) is 2.46. The van der Waals surface area contributed by atoms with Crippen molar-refractivity contribution in [3.63, 3.8) is 0 Å². The second-order valence-electron chi connectivity index (χ2n) is 6.08. The van der Waals surface area contributed by atoms with E-state index in [1.54, 1.807) is 0 Å². The van der Waals surface area contributed by atoms with Gasteiger partial charge in [0, 0.05) is 31.9 Å². The lowest BCUT2D eigenvalue weighted by Crippen LogP contribution is -2.37. The molecule has 1 N–H and O–H groups in total. The molecule has 0 atom stereocenters. The van der Waals surface area contributed by atoms with E-state index >= 15 is 0 Å². The van der Waals surface area contributed by atoms with Crippen molar-refractivity contribution < 1.29 is 4.74 Å². The van der Waals surface area contributed by atoms with E-state index in [2.05, 4.69) is 34.5 Å². The molecule has 3 heteroatoms. The van der Waals surface area contributed by atoms with Crippen LogP contribution < -0.4 is 5.32 Å². The molecule has 20 heavy (non-hydrogen) atoms. The summed E-state index contributed by atoms with van der Waals surface area (Å²) in [6.45, 7) is 6.25. The van der Waals surface area contributed by atoms with Gasteiger partial charge in [-0.3, -0.25) is 4.90 Å². The molecule has 0 amide bonds. The van der Waals surface area contributed by atoms with E-state index in [4.69, 9.17) is 4.74 Å². The number of nitrogens with zero attached hydrogens (tertiary/aromatic N) is 1. The maximum Gasteiger partial charge on any atom is 0.0594 e. The number of benzene rings is 1. The van der Waals surface area contributed by atoms with Crippen molar-refractivity contribution in [3.8, 4) is 0 Å². The summed E-state index contributed by atoms with van der Waals surface area (Å²) in [5.74, 6) is 0.913. The van der Waals surface area contributed by atoms with E-state index in [-0.39, 0.29) is 0 Å². The molecule has 2 aliphatic rings. The molecular weight excluding hydrogens is 248 g/mol. The van der Waals surface area contributed by atoms with Gasteiger partial charge in [0.25, 0.3) is 0 Å². The van der Waals surface area contributed by atoms with Gasteiger partial charge < -0.3 is 10.1 Å². The van der Waals surface area contributed by atoms with Crippen LogP contribution in [0.15, 0.2) is 24.3 Å². The van der Waals surface area contributed by atoms with Crippen LogP contribution in [0.3, 0.4) is 0 Å². The standard InChI is InChI=1S/C17H26N2O/c1-2-16(3-1)14-18-17-6-4-15(5-7-17)8-9-19-10-12-20-13-11-19/h4-7,16,18H,1-3,8-14H2. The van der Waals surface area contributed by atoms with E-state index in [0.29, 0.717) is 0 Å². The van der Waals surface area contributed by atoms with Crippen molar-refractivity contribution >= 4 is 5.69 Å². The van der Waals surface area contributed by atoms with Crippen LogP contribution >= 0.6 is 0 Å². The summed E-state index contributed by atoms with van der Waals surface area (Å²) in [5.41, 5.74) is 2.71. The Morgan fingerprint density at radius 1 is 1.10 bits per heavy atom. The van der Waals surface area contributed by atoms with Crippen LogP contribution in [0.5, 0.6) is 0 Å². The average molecular weight is 274 g/mol. The van der Waals surface area contributed by atoms with E-state index in [9.17, 15) is 0 Å². The van der Waals surface area contributed by atoms with Gasteiger partial charge in [-0.15, -0.1) is 0 Å². The molecule has 0 radical (unpaired) electrons. The highest BCUT2D eigenvalue weighted by atomic mass is 16.5. The monoisotopic (exact) mass is 274 g/mol. The third kappa shape index (κ3) is 3.97. The normalized spacial score (nSPS) is 20.6. The lowest BCUT2D eigenvalue weighted by atomic mass is 9.85. The molecule has 1 saturated carbocycles. The highest BCUT2D eigenvalue weighted by Crippen LogP contribution is 2.26. The smallest absolute Gasteiger partial charge is 0.0594 e. The minimum Gasteiger partial charge on any atom is -0.385 e. The van der Waals surface area contributed by atoms with E-state index < -0.39 is 0 Å². The Kier molecular flexibility index (Phi) is 4.93. The zero-order valence-electron chi connectivity index (χ0n) is 12.3. The molecule has 3 nitrogen and oxygen atoms in total. The van der Waals surface area contributed by atoms with Crippen molar-refractivity contribution in [1.82, 2.24) is 4.90 Å². The summed E-state index contributed by atoms with van der Waals surface area (Å²) in [6, 6.07) is 8.99. The van der Waals surface area contributed by atoms with Gasteiger partial charge in [0.05, 0.1) is 13.2 Å². The minimum absolute atomic E-state index is 0.893. The first-order valence-electron chi connectivity index (χ1n) is 8.03. The zero-order chi connectivity index (χ0) is 13.6. The van der Waals surface area contributed by atoms with Gasteiger partial charge in [-0.25, -0.2) is 0 Å². The summed E-state index contributed by atoms with van der Waals surface area (Å²) in [7, 11) is 0. The van der Waals surface area contributed by atoms with Gasteiger partial charge in [-0.05, 0) is 42.9 Å². The Labute approximate surface area is 122 Å². The van der Waals surface area contributed by atoms with Crippen molar-refractivity contribution in [2.24, 2.45) is 5.92 Å². The molecule has 1 aromatic carbocycles. The van der Waals surface area contributed by atoms with Crippen LogP contribution in [0.2, 0.25) is 0 Å². The van der Waals surface area contributed by atoms with E-state index in [1.165, 1.54) is 30.5 Å². The lowest BCUT2D eigenvalue weighted by molar-refractivity contribution is 0.0384.